The Balaban J connectivity index is 1.78. The van der Waals surface area contributed by atoms with Gasteiger partial charge in [0, 0.05) is 20.0 Å². The van der Waals surface area contributed by atoms with Crippen molar-refractivity contribution in [1.29, 1.82) is 0 Å². The monoisotopic (exact) mass is 244 g/mol. The first-order valence-corrected chi connectivity index (χ1v) is 6.20. The molecule has 0 aliphatic carbocycles. The lowest BCUT2D eigenvalue weighted by Crippen LogP contribution is -2.38. The van der Waals surface area contributed by atoms with Crippen molar-refractivity contribution in [1.82, 2.24) is 20.0 Å². The zero-order chi connectivity index (χ0) is 12.5. The lowest BCUT2D eigenvalue weighted by molar-refractivity contribution is -0.130. The van der Waals surface area contributed by atoms with E-state index in [9.17, 15) is 4.79 Å². The smallest absolute Gasteiger partial charge is 0.236 e. The van der Waals surface area contributed by atoms with Crippen LogP contribution in [0.4, 0.5) is 0 Å². The van der Waals surface area contributed by atoms with Gasteiger partial charge in [0.25, 0.3) is 0 Å². The summed E-state index contributed by atoms with van der Waals surface area (Å²) in [6.07, 6.45) is 1.59. The molecule has 5 nitrogen and oxygen atoms in total. The number of fused-ring (bicyclic) bond motifs is 1. The summed E-state index contributed by atoms with van der Waals surface area (Å²) in [5.74, 6) is 1.12. The average Bonchev–Trinajstić information content (AvgIpc) is 2.92. The Morgan fingerprint density at radius 2 is 2.22 bits per heavy atom. The van der Waals surface area contributed by atoms with Crippen LogP contribution in [0.3, 0.4) is 0 Å². The fourth-order valence-corrected chi connectivity index (χ4v) is 2.33. The van der Waals surface area contributed by atoms with Gasteiger partial charge in [-0.25, -0.2) is 10.4 Å². The summed E-state index contributed by atoms with van der Waals surface area (Å²) in [6, 6.07) is 8.04. The van der Waals surface area contributed by atoms with Crippen LogP contribution in [-0.2, 0) is 18.4 Å². The molecule has 3 rings (SSSR count). The molecule has 0 atom stereocenters. The van der Waals surface area contributed by atoms with E-state index in [-0.39, 0.29) is 5.91 Å². The molecule has 1 amide bonds. The summed E-state index contributed by atoms with van der Waals surface area (Å²) in [5.41, 5.74) is 5.25. The largest absolute Gasteiger partial charge is 0.330 e. The molecule has 0 unspecified atom stereocenters. The van der Waals surface area contributed by atoms with E-state index in [1.807, 2.05) is 31.3 Å². The summed E-state index contributed by atoms with van der Waals surface area (Å²) in [4.78, 5) is 16.0. The van der Waals surface area contributed by atoms with Gasteiger partial charge in [0.05, 0.1) is 17.6 Å². The molecule has 1 aromatic heterocycles. The minimum absolute atomic E-state index is 0.175. The number of aromatic nitrogens is 2. The second-order valence-electron chi connectivity index (χ2n) is 4.56. The maximum absolute atomic E-state index is 11.5. The van der Waals surface area contributed by atoms with E-state index in [1.54, 1.807) is 5.01 Å². The summed E-state index contributed by atoms with van der Waals surface area (Å²) in [6.45, 7) is 1.37. The molecule has 1 fully saturated rings. The summed E-state index contributed by atoms with van der Waals surface area (Å²) in [7, 11) is 2.00. The minimum atomic E-state index is 0.175. The summed E-state index contributed by atoms with van der Waals surface area (Å²) >= 11 is 0. The quantitative estimate of drug-likeness (QED) is 0.882. The number of hydrogen-bond donors (Lipinski definition) is 1. The molecule has 1 N–H and O–H groups in total. The fourth-order valence-electron chi connectivity index (χ4n) is 2.33. The van der Waals surface area contributed by atoms with Gasteiger partial charge in [0.15, 0.2) is 0 Å². The van der Waals surface area contributed by atoms with Crippen molar-refractivity contribution in [2.75, 3.05) is 6.54 Å². The number of nitrogens with one attached hydrogen (secondary N) is 1. The van der Waals surface area contributed by atoms with E-state index in [0.29, 0.717) is 13.0 Å². The van der Waals surface area contributed by atoms with E-state index in [1.165, 1.54) is 0 Å². The molecule has 1 aromatic carbocycles. The number of amides is 1. The summed E-state index contributed by atoms with van der Waals surface area (Å²) < 4.78 is 2.06. The molecule has 0 spiro atoms. The van der Waals surface area contributed by atoms with Gasteiger partial charge in [-0.2, -0.15) is 0 Å². The predicted molar refractivity (Wildman–Crippen MR) is 68.5 cm³/mol. The SMILES string of the molecule is Cn1c(CNN2CCCC2=O)nc2ccccc21. The topological polar surface area (TPSA) is 50.2 Å². The van der Waals surface area contributed by atoms with Gasteiger partial charge < -0.3 is 4.57 Å². The Labute approximate surface area is 105 Å². The van der Waals surface area contributed by atoms with Gasteiger partial charge in [-0.05, 0) is 18.6 Å². The van der Waals surface area contributed by atoms with E-state index >= 15 is 0 Å². The number of nitrogens with zero attached hydrogens (tertiary/aromatic N) is 3. The van der Waals surface area contributed by atoms with Gasteiger partial charge in [-0.15, -0.1) is 0 Å². The van der Waals surface area contributed by atoms with E-state index < -0.39 is 0 Å². The molecule has 0 saturated carbocycles. The number of hydrazine groups is 1. The number of imidazole rings is 1. The molecule has 2 aromatic rings. The van der Waals surface area contributed by atoms with Gasteiger partial charge in [0.1, 0.15) is 5.82 Å². The minimum Gasteiger partial charge on any atom is -0.330 e. The van der Waals surface area contributed by atoms with Crippen LogP contribution in [0.2, 0.25) is 0 Å². The van der Waals surface area contributed by atoms with Crippen molar-refractivity contribution in [3.8, 4) is 0 Å². The van der Waals surface area contributed by atoms with Gasteiger partial charge in [0.2, 0.25) is 5.91 Å². The van der Waals surface area contributed by atoms with Crippen LogP contribution in [0.5, 0.6) is 0 Å². The van der Waals surface area contributed by atoms with Crippen molar-refractivity contribution in [2.24, 2.45) is 7.05 Å². The molecule has 1 aliphatic rings. The predicted octanol–water partition coefficient (Wildman–Crippen LogP) is 1.20. The van der Waals surface area contributed by atoms with Gasteiger partial charge >= 0.3 is 0 Å². The van der Waals surface area contributed by atoms with Crippen LogP contribution < -0.4 is 5.43 Å². The van der Waals surface area contributed by atoms with Crippen LogP contribution in [-0.4, -0.2) is 27.0 Å². The van der Waals surface area contributed by atoms with Crippen molar-refractivity contribution in [3.05, 3.63) is 30.1 Å². The third kappa shape index (κ3) is 1.86. The highest BCUT2D eigenvalue weighted by atomic mass is 16.2. The number of aryl methyl sites for hydroxylation is 1. The number of benzene rings is 1. The first-order valence-electron chi connectivity index (χ1n) is 6.20. The van der Waals surface area contributed by atoms with Crippen molar-refractivity contribution < 1.29 is 4.79 Å². The number of rotatable bonds is 3. The van der Waals surface area contributed by atoms with Crippen LogP contribution in [0.25, 0.3) is 11.0 Å². The molecular formula is C13H16N4O. The lowest BCUT2D eigenvalue weighted by atomic mass is 10.3. The second-order valence-corrected chi connectivity index (χ2v) is 4.56. The molecule has 2 heterocycles. The highest BCUT2D eigenvalue weighted by Crippen LogP contribution is 2.14. The number of hydrogen-bond acceptors (Lipinski definition) is 3. The third-order valence-electron chi connectivity index (χ3n) is 3.38. The average molecular weight is 244 g/mol. The van der Waals surface area contributed by atoms with Gasteiger partial charge in [-0.1, -0.05) is 12.1 Å². The highest BCUT2D eigenvalue weighted by Gasteiger charge is 2.20. The molecule has 0 radical (unpaired) electrons. The first kappa shape index (κ1) is 11.2. The first-order chi connectivity index (χ1) is 8.75. The lowest BCUT2D eigenvalue weighted by Gasteiger charge is -2.16. The van der Waals surface area contributed by atoms with Crippen molar-refractivity contribution in [3.63, 3.8) is 0 Å². The Kier molecular flexibility index (Phi) is 2.76. The molecule has 0 bridgehead atoms. The number of carbonyl (C=O) groups excluding carboxylic acids is 1. The molecule has 1 aliphatic heterocycles. The maximum Gasteiger partial charge on any atom is 0.236 e. The zero-order valence-corrected chi connectivity index (χ0v) is 10.4. The van der Waals surface area contributed by atoms with Crippen molar-refractivity contribution >= 4 is 16.9 Å². The van der Waals surface area contributed by atoms with Crippen LogP contribution in [0.1, 0.15) is 18.7 Å². The summed E-state index contributed by atoms with van der Waals surface area (Å²) in [5, 5.41) is 1.69. The second kappa shape index (κ2) is 4.42. The Morgan fingerprint density at radius 3 is 2.94 bits per heavy atom. The molecule has 1 saturated heterocycles. The number of para-hydroxylation sites is 2. The van der Waals surface area contributed by atoms with Crippen molar-refractivity contribution in [2.45, 2.75) is 19.4 Å². The molecule has 18 heavy (non-hydrogen) atoms. The molecular weight excluding hydrogens is 228 g/mol. The normalized spacial score (nSPS) is 15.8. The molecule has 5 heteroatoms. The third-order valence-corrected chi connectivity index (χ3v) is 3.38. The van der Waals surface area contributed by atoms with Gasteiger partial charge in [-0.3, -0.25) is 9.80 Å². The van der Waals surface area contributed by atoms with Crippen LogP contribution in [0.15, 0.2) is 24.3 Å². The highest BCUT2D eigenvalue weighted by molar-refractivity contribution is 5.77. The Morgan fingerprint density at radius 1 is 1.39 bits per heavy atom. The number of carbonyl (C=O) groups is 1. The maximum atomic E-state index is 11.5. The van der Waals surface area contributed by atoms with Crippen LogP contribution in [0, 0.1) is 0 Å². The fraction of sp³-hybridized carbons (Fsp3) is 0.385. The Hall–Kier alpha value is -1.88. The zero-order valence-electron chi connectivity index (χ0n) is 10.4. The standard InChI is InChI=1S/C13H16N4O/c1-16-11-6-3-2-5-10(11)15-12(16)9-14-17-8-4-7-13(17)18/h2-3,5-6,14H,4,7-9H2,1H3. The van der Waals surface area contributed by atoms with E-state index in [0.717, 1.165) is 29.8 Å². The van der Waals surface area contributed by atoms with E-state index in [4.69, 9.17) is 0 Å². The van der Waals surface area contributed by atoms with Crippen LogP contribution >= 0.6 is 0 Å². The van der Waals surface area contributed by atoms with E-state index in [2.05, 4.69) is 15.0 Å². The molecule has 94 valence electrons. The Bertz CT molecular complexity index is 590.